The number of amides is 1. The number of aliphatic carboxylic acids is 1. The number of hydrogen-bond acceptors (Lipinski definition) is 5. The van der Waals surface area contributed by atoms with E-state index in [9.17, 15) is 23.5 Å². The minimum atomic E-state index is -3.02. The maximum Gasteiger partial charge on any atom is 0.387 e. The fraction of sp³-hybridized carbons (Fsp3) is 0.500. The summed E-state index contributed by atoms with van der Waals surface area (Å²) in [6, 6.07) is 1.28. The summed E-state index contributed by atoms with van der Waals surface area (Å²) in [5, 5.41) is 20.1. The van der Waals surface area contributed by atoms with Crippen LogP contribution in [0.15, 0.2) is 11.4 Å². The third-order valence-corrected chi connectivity index (χ3v) is 4.20. The van der Waals surface area contributed by atoms with Crippen LogP contribution in [0.1, 0.15) is 22.5 Å². The Morgan fingerprint density at radius 1 is 1.38 bits per heavy atom. The van der Waals surface area contributed by atoms with Gasteiger partial charge in [-0.25, -0.2) is 4.79 Å². The zero-order valence-electron chi connectivity index (χ0n) is 10.8. The molecule has 2 rings (SSSR count). The summed E-state index contributed by atoms with van der Waals surface area (Å²) in [7, 11) is 0. The number of halogens is 2. The lowest BCUT2D eigenvalue weighted by molar-refractivity contribution is -0.162. The molecular formula is C12H13F2NO5S. The molecule has 1 aromatic heterocycles. The summed E-state index contributed by atoms with van der Waals surface area (Å²) in [5.41, 5.74) is -1.84. The van der Waals surface area contributed by atoms with Gasteiger partial charge in [-0.15, -0.1) is 11.3 Å². The Morgan fingerprint density at radius 2 is 2.00 bits per heavy atom. The third kappa shape index (κ3) is 3.30. The molecule has 0 atom stereocenters. The van der Waals surface area contributed by atoms with Gasteiger partial charge in [-0.1, -0.05) is 0 Å². The van der Waals surface area contributed by atoms with E-state index < -0.39 is 24.1 Å². The topological polar surface area (TPSA) is 87.1 Å². The molecule has 1 aliphatic rings. The number of hydrogen-bond donors (Lipinski definition) is 2. The van der Waals surface area contributed by atoms with Crippen molar-refractivity contribution in [3.05, 3.63) is 16.3 Å². The molecule has 21 heavy (non-hydrogen) atoms. The molecule has 1 amide bonds. The van der Waals surface area contributed by atoms with Crippen molar-refractivity contribution < 1.29 is 33.3 Å². The number of carboxylic acids is 1. The van der Waals surface area contributed by atoms with Crippen LogP contribution in [-0.2, 0) is 4.79 Å². The van der Waals surface area contributed by atoms with Crippen molar-refractivity contribution in [1.82, 2.24) is 4.90 Å². The van der Waals surface area contributed by atoms with E-state index >= 15 is 0 Å². The molecule has 0 aromatic carbocycles. The van der Waals surface area contributed by atoms with Gasteiger partial charge in [-0.2, -0.15) is 8.78 Å². The van der Waals surface area contributed by atoms with Crippen molar-refractivity contribution in [3.8, 4) is 5.75 Å². The molecule has 1 aromatic rings. The Labute approximate surface area is 122 Å². The number of carbonyl (C=O) groups excluding carboxylic acids is 1. The summed E-state index contributed by atoms with van der Waals surface area (Å²) in [5.74, 6) is -2.03. The number of carboxylic acid groups (broad SMARTS) is 1. The second-order valence-corrected chi connectivity index (χ2v) is 5.54. The number of piperidine rings is 1. The molecule has 6 nitrogen and oxygen atoms in total. The predicted octanol–water partition coefficient (Wildman–Crippen LogP) is 1.40. The quantitative estimate of drug-likeness (QED) is 0.875. The van der Waals surface area contributed by atoms with E-state index in [1.165, 1.54) is 16.3 Å². The van der Waals surface area contributed by atoms with Crippen LogP contribution >= 0.6 is 11.3 Å². The van der Waals surface area contributed by atoms with Gasteiger partial charge in [0.05, 0.1) is 0 Å². The molecule has 0 bridgehead atoms. The first-order valence-electron chi connectivity index (χ1n) is 6.11. The molecular weight excluding hydrogens is 308 g/mol. The van der Waals surface area contributed by atoms with E-state index in [0.29, 0.717) is 0 Å². The van der Waals surface area contributed by atoms with E-state index in [2.05, 4.69) is 4.74 Å². The molecule has 0 unspecified atom stereocenters. The smallest absolute Gasteiger partial charge is 0.387 e. The van der Waals surface area contributed by atoms with Crippen LogP contribution in [-0.4, -0.2) is 52.3 Å². The lowest BCUT2D eigenvalue weighted by Crippen LogP contribution is -2.50. The number of nitrogens with zero attached hydrogens (tertiary/aromatic N) is 1. The Morgan fingerprint density at radius 3 is 2.52 bits per heavy atom. The minimum absolute atomic E-state index is 0.0354. The number of alkyl halides is 2. The van der Waals surface area contributed by atoms with Gasteiger partial charge < -0.3 is 19.8 Å². The van der Waals surface area contributed by atoms with Crippen LogP contribution in [0.5, 0.6) is 5.75 Å². The highest BCUT2D eigenvalue weighted by Gasteiger charge is 2.41. The Hall–Kier alpha value is -1.74. The molecule has 2 N–H and O–H groups in total. The maximum atomic E-state index is 12.2. The average molecular weight is 321 g/mol. The normalized spacial score (nSPS) is 17.8. The van der Waals surface area contributed by atoms with Gasteiger partial charge in [-0.3, -0.25) is 4.79 Å². The first kappa shape index (κ1) is 15.6. The second kappa shape index (κ2) is 5.94. The molecule has 1 aliphatic heterocycles. The summed E-state index contributed by atoms with van der Waals surface area (Å²) >= 11 is 0.971. The third-order valence-electron chi connectivity index (χ3n) is 3.32. The SMILES string of the molecule is O=C(c1sccc1OC(F)F)N1CCC(O)(C(=O)O)CC1. The number of aliphatic hydroxyl groups is 1. The first-order chi connectivity index (χ1) is 9.83. The van der Waals surface area contributed by atoms with Crippen molar-refractivity contribution in [2.45, 2.75) is 25.1 Å². The molecule has 9 heteroatoms. The lowest BCUT2D eigenvalue weighted by atomic mass is 9.91. The molecule has 0 radical (unpaired) electrons. The Balaban J connectivity index is 2.06. The molecule has 1 fully saturated rings. The zero-order valence-corrected chi connectivity index (χ0v) is 11.6. The standard InChI is InChI=1S/C12H13F2NO5S/c13-11(14)20-7-1-6-21-8(7)9(16)15-4-2-12(19,3-5-15)10(17)18/h1,6,11,19H,2-5H2,(H,17,18). The highest BCUT2D eigenvalue weighted by molar-refractivity contribution is 7.12. The highest BCUT2D eigenvalue weighted by atomic mass is 32.1. The predicted molar refractivity (Wildman–Crippen MR) is 68.7 cm³/mol. The van der Waals surface area contributed by atoms with E-state index in [4.69, 9.17) is 5.11 Å². The van der Waals surface area contributed by atoms with Gasteiger partial charge in [0.15, 0.2) is 5.60 Å². The Bertz CT molecular complexity index is 540. The molecule has 2 heterocycles. The van der Waals surface area contributed by atoms with Crippen LogP contribution in [0.2, 0.25) is 0 Å². The molecule has 0 saturated carbocycles. The van der Waals surface area contributed by atoms with Crippen molar-refractivity contribution in [1.29, 1.82) is 0 Å². The molecule has 0 spiro atoms. The van der Waals surface area contributed by atoms with Crippen molar-refractivity contribution in [2.24, 2.45) is 0 Å². The number of rotatable bonds is 4. The number of thiophene rings is 1. The molecule has 116 valence electrons. The molecule has 0 aliphatic carbocycles. The molecule has 1 saturated heterocycles. The van der Waals surface area contributed by atoms with Gasteiger partial charge in [0.25, 0.3) is 5.91 Å². The minimum Gasteiger partial charge on any atom is -0.479 e. The van der Waals surface area contributed by atoms with Gasteiger partial charge in [0.1, 0.15) is 10.6 Å². The Kier molecular flexibility index (Phi) is 4.43. The van der Waals surface area contributed by atoms with Crippen LogP contribution in [0.25, 0.3) is 0 Å². The summed E-state index contributed by atoms with van der Waals surface area (Å²) in [4.78, 5) is 24.5. The van der Waals surface area contributed by atoms with Gasteiger partial charge >= 0.3 is 12.6 Å². The van der Waals surface area contributed by atoms with Crippen molar-refractivity contribution in [3.63, 3.8) is 0 Å². The van der Waals surface area contributed by atoms with E-state index in [1.807, 2.05) is 0 Å². The first-order valence-corrected chi connectivity index (χ1v) is 6.99. The van der Waals surface area contributed by atoms with Crippen LogP contribution < -0.4 is 4.74 Å². The van der Waals surface area contributed by atoms with Crippen LogP contribution in [0.3, 0.4) is 0 Å². The number of carbonyl (C=O) groups is 2. The summed E-state index contributed by atoms with van der Waals surface area (Å²) in [6.45, 7) is -2.95. The van der Waals surface area contributed by atoms with Crippen molar-refractivity contribution in [2.75, 3.05) is 13.1 Å². The summed E-state index contributed by atoms with van der Waals surface area (Å²) in [6.07, 6.45) is -0.213. The maximum absolute atomic E-state index is 12.2. The number of ether oxygens (including phenoxy) is 1. The van der Waals surface area contributed by atoms with Gasteiger partial charge in [-0.05, 0) is 11.4 Å². The largest absolute Gasteiger partial charge is 0.479 e. The van der Waals surface area contributed by atoms with Crippen LogP contribution in [0, 0.1) is 0 Å². The van der Waals surface area contributed by atoms with E-state index in [0.717, 1.165) is 11.3 Å². The van der Waals surface area contributed by atoms with Crippen LogP contribution in [0.4, 0.5) is 8.78 Å². The highest BCUT2D eigenvalue weighted by Crippen LogP contribution is 2.30. The van der Waals surface area contributed by atoms with Crippen molar-refractivity contribution >= 4 is 23.2 Å². The van der Waals surface area contributed by atoms with Gasteiger partial charge in [0.2, 0.25) is 0 Å². The second-order valence-electron chi connectivity index (χ2n) is 4.62. The fourth-order valence-corrected chi connectivity index (χ4v) is 2.87. The van der Waals surface area contributed by atoms with E-state index in [-0.39, 0.29) is 36.6 Å². The van der Waals surface area contributed by atoms with E-state index in [1.54, 1.807) is 0 Å². The monoisotopic (exact) mass is 321 g/mol. The average Bonchev–Trinajstić information content (AvgIpc) is 2.86. The summed E-state index contributed by atoms with van der Waals surface area (Å²) < 4.78 is 28.7. The fourth-order valence-electron chi connectivity index (χ4n) is 2.08. The zero-order chi connectivity index (χ0) is 15.6. The van der Waals surface area contributed by atoms with Gasteiger partial charge in [0, 0.05) is 25.9 Å². The number of likely N-dealkylation sites (tertiary alicyclic amines) is 1. The lowest BCUT2D eigenvalue weighted by Gasteiger charge is -2.35.